The third-order valence-corrected chi connectivity index (χ3v) is 5.51. The topological polar surface area (TPSA) is 62.3 Å². The Bertz CT molecular complexity index is 782. The lowest BCUT2D eigenvalue weighted by atomic mass is 10.0. The molecule has 0 saturated carbocycles. The normalized spacial score (nSPS) is 14.6. The summed E-state index contributed by atoms with van der Waals surface area (Å²) in [5, 5.41) is 3.09. The van der Waals surface area contributed by atoms with Crippen LogP contribution in [0.4, 0.5) is 5.82 Å². The van der Waals surface area contributed by atoms with E-state index >= 15 is 0 Å². The number of unbranched alkanes of at least 4 members (excludes halogenated alkanes) is 1. The third-order valence-electron chi connectivity index (χ3n) is 5.51. The number of benzene rings is 1. The van der Waals surface area contributed by atoms with Crippen molar-refractivity contribution >= 4 is 17.5 Å². The van der Waals surface area contributed by atoms with Gasteiger partial charge in [-0.3, -0.25) is 9.59 Å². The molecule has 154 valence electrons. The summed E-state index contributed by atoms with van der Waals surface area (Å²) in [5.74, 6) is 0.991. The maximum Gasteiger partial charge on any atom is 0.220 e. The van der Waals surface area contributed by atoms with Crippen molar-refractivity contribution in [1.29, 1.82) is 0 Å². The van der Waals surface area contributed by atoms with Gasteiger partial charge in [0.25, 0.3) is 0 Å². The Hall–Kier alpha value is -2.69. The van der Waals surface area contributed by atoms with E-state index in [1.54, 1.807) is 6.20 Å². The Morgan fingerprint density at radius 2 is 1.83 bits per heavy atom. The number of pyridine rings is 1. The first-order chi connectivity index (χ1) is 14.2. The summed E-state index contributed by atoms with van der Waals surface area (Å²) in [4.78, 5) is 31.3. The van der Waals surface area contributed by atoms with E-state index < -0.39 is 0 Å². The Morgan fingerprint density at radius 3 is 2.48 bits per heavy atom. The van der Waals surface area contributed by atoms with Crippen LogP contribution in [0.3, 0.4) is 0 Å². The Labute approximate surface area is 173 Å². The summed E-state index contributed by atoms with van der Waals surface area (Å²) >= 11 is 0. The lowest BCUT2D eigenvalue weighted by Gasteiger charge is -2.33. The first-order valence-electron chi connectivity index (χ1n) is 10.7. The van der Waals surface area contributed by atoms with Crippen LogP contribution in [0.5, 0.6) is 0 Å². The Balaban J connectivity index is 1.38. The van der Waals surface area contributed by atoms with E-state index in [-0.39, 0.29) is 30.6 Å². The third kappa shape index (κ3) is 6.41. The van der Waals surface area contributed by atoms with Crippen molar-refractivity contribution in [2.45, 2.75) is 57.9 Å². The van der Waals surface area contributed by atoms with Crippen LogP contribution in [-0.4, -0.2) is 35.8 Å². The largest absolute Gasteiger partial charge is 0.356 e. The highest BCUT2D eigenvalue weighted by Gasteiger charge is 2.21. The zero-order chi connectivity index (χ0) is 20.5. The summed E-state index contributed by atoms with van der Waals surface area (Å²) < 4.78 is 0. The second-order valence-electron chi connectivity index (χ2n) is 7.74. The van der Waals surface area contributed by atoms with Crippen molar-refractivity contribution in [3.63, 3.8) is 0 Å². The molecule has 5 nitrogen and oxygen atoms in total. The maximum atomic E-state index is 12.4. The standard InChI is InChI=1S/C24H31N3O2/c1-2-3-6-19-8-10-20(11-9-19)22(28)12-13-24(29)26-21-14-17-27(18-15-21)23-7-4-5-16-25-23/h4-5,7-11,16,21H,2-3,6,12-15,17-18H2,1H3,(H,26,29). The number of nitrogens with zero attached hydrogens (tertiary/aromatic N) is 2. The lowest BCUT2D eigenvalue weighted by molar-refractivity contribution is -0.121. The van der Waals surface area contributed by atoms with Crippen molar-refractivity contribution in [2.75, 3.05) is 18.0 Å². The smallest absolute Gasteiger partial charge is 0.220 e. The van der Waals surface area contributed by atoms with Crippen molar-refractivity contribution in [1.82, 2.24) is 10.3 Å². The number of nitrogens with one attached hydrogen (secondary N) is 1. The predicted molar refractivity (Wildman–Crippen MR) is 116 cm³/mol. The van der Waals surface area contributed by atoms with Gasteiger partial charge in [-0.15, -0.1) is 0 Å². The monoisotopic (exact) mass is 393 g/mol. The van der Waals surface area contributed by atoms with E-state index in [0.29, 0.717) is 5.56 Å². The number of carbonyl (C=O) groups is 2. The minimum atomic E-state index is -0.0331. The molecule has 1 aromatic heterocycles. The fraction of sp³-hybridized carbons (Fsp3) is 0.458. The second-order valence-corrected chi connectivity index (χ2v) is 7.74. The van der Waals surface area contributed by atoms with Crippen LogP contribution >= 0.6 is 0 Å². The van der Waals surface area contributed by atoms with Gasteiger partial charge < -0.3 is 10.2 Å². The lowest BCUT2D eigenvalue weighted by Crippen LogP contribution is -2.45. The van der Waals surface area contributed by atoms with E-state index in [4.69, 9.17) is 0 Å². The first-order valence-corrected chi connectivity index (χ1v) is 10.7. The first kappa shape index (κ1) is 21.0. The van der Waals surface area contributed by atoms with Crippen molar-refractivity contribution in [3.05, 3.63) is 59.8 Å². The molecule has 2 aromatic rings. The molecule has 0 spiro atoms. The number of aromatic nitrogens is 1. The molecule has 0 bridgehead atoms. The highest BCUT2D eigenvalue weighted by molar-refractivity contribution is 5.98. The van der Waals surface area contributed by atoms with E-state index in [0.717, 1.165) is 51.0 Å². The number of ketones is 1. The second kappa shape index (κ2) is 10.7. The number of Topliss-reactive ketones (excluding diaryl/α,β-unsaturated/α-hetero) is 1. The van der Waals surface area contributed by atoms with Crippen LogP contribution in [0.1, 0.15) is 61.4 Å². The maximum absolute atomic E-state index is 12.4. The molecule has 1 aliphatic rings. The number of hydrogen-bond donors (Lipinski definition) is 1. The highest BCUT2D eigenvalue weighted by Crippen LogP contribution is 2.17. The number of piperidine rings is 1. The summed E-state index contributed by atoms with van der Waals surface area (Å²) in [5.41, 5.74) is 1.96. The Kier molecular flexibility index (Phi) is 7.79. The molecule has 1 N–H and O–H groups in total. The molecule has 0 unspecified atom stereocenters. The molecular weight excluding hydrogens is 362 g/mol. The number of amides is 1. The minimum Gasteiger partial charge on any atom is -0.356 e. The zero-order valence-electron chi connectivity index (χ0n) is 17.3. The van der Waals surface area contributed by atoms with Gasteiger partial charge in [0.05, 0.1) is 0 Å². The summed E-state index contributed by atoms with van der Waals surface area (Å²) in [7, 11) is 0. The molecule has 1 amide bonds. The summed E-state index contributed by atoms with van der Waals surface area (Å²) in [6.07, 6.45) is 7.48. The van der Waals surface area contributed by atoms with Gasteiger partial charge in [-0.05, 0) is 43.4 Å². The molecule has 29 heavy (non-hydrogen) atoms. The number of carbonyl (C=O) groups excluding carboxylic acids is 2. The number of hydrogen-bond acceptors (Lipinski definition) is 4. The van der Waals surface area contributed by atoms with E-state index in [1.807, 2.05) is 42.5 Å². The molecular formula is C24H31N3O2. The van der Waals surface area contributed by atoms with Crippen LogP contribution in [0.15, 0.2) is 48.7 Å². The molecule has 0 radical (unpaired) electrons. The fourth-order valence-electron chi connectivity index (χ4n) is 3.70. The number of rotatable bonds is 9. The number of anilines is 1. The quantitative estimate of drug-likeness (QED) is 0.650. The van der Waals surface area contributed by atoms with Gasteiger partial charge in [0, 0.05) is 43.7 Å². The summed E-state index contributed by atoms with van der Waals surface area (Å²) in [6, 6.07) is 13.9. The van der Waals surface area contributed by atoms with Gasteiger partial charge in [-0.1, -0.05) is 43.7 Å². The van der Waals surface area contributed by atoms with Crippen LogP contribution in [0, 0.1) is 0 Å². The van der Waals surface area contributed by atoms with Crippen LogP contribution in [0.25, 0.3) is 0 Å². The van der Waals surface area contributed by atoms with Crippen molar-refractivity contribution in [2.24, 2.45) is 0 Å². The van der Waals surface area contributed by atoms with Crippen molar-refractivity contribution < 1.29 is 9.59 Å². The molecule has 0 aliphatic carbocycles. The zero-order valence-corrected chi connectivity index (χ0v) is 17.3. The molecule has 2 heterocycles. The van der Waals surface area contributed by atoms with E-state index in [1.165, 1.54) is 5.56 Å². The predicted octanol–water partition coefficient (Wildman–Crippen LogP) is 4.17. The van der Waals surface area contributed by atoms with Gasteiger partial charge >= 0.3 is 0 Å². The van der Waals surface area contributed by atoms with Crippen LogP contribution in [-0.2, 0) is 11.2 Å². The number of aryl methyl sites for hydroxylation is 1. The molecule has 1 fully saturated rings. The van der Waals surface area contributed by atoms with Crippen molar-refractivity contribution in [3.8, 4) is 0 Å². The van der Waals surface area contributed by atoms with Gasteiger partial charge in [0.1, 0.15) is 5.82 Å². The van der Waals surface area contributed by atoms with Crippen LogP contribution < -0.4 is 10.2 Å². The van der Waals surface area contributed by atoms with Gasteiger partial charge in [0.15, 0.2) is 5.78 Å². The van der Waals surface area contributed by atoms with E-state index in [9.17, 15) is 9.59 Å². The average molecular weight is 394 g/mol. The van der Waals surface area contributed by atoms with Gasteiger partial charge in [-0.25, -0.2) is 4.98 Å². The fourth-order valence-corrected chi connectivity index (χ4v) is 3.70. The summed E-state index contributed by atoms with van der Waals surface area (Å²) in [6.45, 7) is 3.93. The Morgan fingerprint density at radius 1 is 1.07 bits per heavy atom. The minimum absolute atomic E-state index is 0.0331. The van der Waals surface area contributed by atoms with Gasteiger partial charge in [-0.2, -0.15) is 0 Å². The molecule has 1 saturated heterocycles. The molecule has 0 atom stereocenters. The molecule has 1 aromatic carbocycles. The molecule has 1 aliphatic heterocycles. The van der Waals surface area contributed by atoms with Gasteiger partial charge in [0.2, 0.25) is 5.91 Å². The molecule has 3 rings (SSSR count). The molecule has 5 heteroatoms. The van der Waals surface area contributed by atoms with E-state index in [2.05, 4.69) is 22.1 Å². The SMILES string of the molecule is CCCCc1ccc(C(=O)CCC(=O)NC2CCN(c3ccccn3)CC2)cc1. The van der Waals surface area contributed by atoms with Crippen LogP contribution in [0.2, 0.25) is 0 Å². The average Bonchev–Trinajstić information content (AvgIpc) is 2.77. The highest BCUT2D eigenvalue weighted by atomic mass is 16.2.